The summed E-state index contributed by atoms with van der Waals surface area (Å²) in [5.74, 6) is 0.394. The fourth-order valence-electron chi connectivity index (χ4n) is 1.37. The van der Waals surface area contributed by atoms with Gasteiger partial charge in [0.05, 0.1) is 6.04 Å². The zero-order valence-electron chi connectivity index (χ0n) is 8.79. The van der Waals surface area contributed by atoms with Gasteiger partial charge in [0.15, 0.2) is 0 Å². The van der Waals surface area contributed by atoms with Crippen LogP contribution in [0.2, 0.25) is 0 Å². The smallest absolute Gasteiger partial charge is 0.239 e. The zero-order chi connectivity index (χ0) is 10.0. The standard InChI is InChI=1S/C10H20N2O/c1-4-7(2)9(11)10(13)12(3)8-5-6-8/h7-9H,4-6,11H2,1-3H3. The summed E-state index contributed by atoms with van der Waals surface area (Å²) >= 11 is 0. The molecule has 0 saturated heterocycles. The summed E-state index contributed by atoms with van der Waals surface area (Å²) in [6, 6.07) is 0.165. The minimum absolute atomic E-state index is 0.108. The summed E-state index contributed by atoms with van der Waals surface area (Å²) in [7, 11) is 1.86. The number of carbonyl (C=O) groups excluding carboxylic acids is 1. The van der Waals surface area contributed by atoms with Crippen molar-refractivity contribution in [2.75, 3.05) is 7.05 Å². The molecule has 1 saturated carbocycles. The Labute approximate surface area is 80.3 Å². The molecule has 2 N–H and O–H groups in total. The lowest BCUT2D eigenvalue weighted by Crippen LogP contribution is -2.46. The van der Waals surface area contributed by atoms with Crippen LogP contribution in [0.25, 0.3) is 0 Å². The van der Waals surface area contributed by atoms with E-state index in [4.69, 9.17) is 5.73 Å². The first-order valence-corrected chi connectivity index (χ1v) is 5.10. The van der Waals surface area contributed by atoms with Gasteiger partial charge in [0, 0.05) is 13.1 Å². The number of carbonyl (C=O) groups is 1. The van der Waals surface area contributed by atoms with Crippen LogP contribution in [-0.4, -0.2) is 29.9 Å². The molecule has 2 atom stereocenters. The SMILES string of the molecule is CCC(C)C(N)C(=O)N(C)C1CC1. The summed E-state index contributed by atoms with van der Waals surface area (Å²) in [6.45, 7) is 4.10. The van der Waals surface area contributed by atoms with Crippen LogP contribution in [0.3, 0.4) is 0 Å². The summed E-state index contributed by atoms with van der Waals surface area (Å²) < 4.78 is 0. The van der Waals surface area contributed by atoms with Crippen LogP contribution in [0.4, 0.5) is 0 Å². The topological polar surface area (TPSA) is 46.3 Å². The van der Waals surface area contributed by atoms with Gasteiger partial charge in [-0.1, -0.05) is 20.3 Å². The highest BCUT2D eigenvalue weighted by atomic mass is 16.2. The van der Waals surface area contributed by atoms with Gasteiger partial charge in [0.1, 0.15) is 0 Å². The van der Waals surface area contributed by atoms with Crippen molar-refractivity contribution in [3.63, 3.8) is 0 Å². The first-order chi connectivity index (χ1) is 6.07. The number of hydrogen-bond donors (Lipinski definition) is 1. The Bertz CT molecular complexity index is 189. The highest BCUT2D eigenvalue weighted by molar-refractivity contribution is 5.82. The van der Waals surface area contributed by atoms with Gasteiger partial charge in [-0.05, 0) is 18.8 Å². The maximum atomic E-state index is 11.7. The minimum Gasteiger partial charge on any atom is -0.341 e. The maximum absolute atomic E-state index is 11.7. The second-order valence-corrected chi connectivity index (χ2v) is 4.09. The molecule has 0 spiro atoms. The van der Waals surface area contributed by atoms with Crippen molar-refractivity contribution in [3.05, 3.63) is 0 Å². The third-order valence-electron chi connectivity index (χ3n) is 2.98. The Hall–Kier alpha value is -0.570. The van der Waals surface area contributed by atoms with Crippen molar-refractivity contribution in [2.24, 2.45) is 11.7 Å². The minimum atomic E-state index is -0.310. The monoisotopic (exact) mass is 184 g/mol. The molecule has 1 aliphatic carbocycles. The molecular weight excluding hydrogens is 164 g/mol. The molecule has 13 heavy (non-hydrogen) atoms. The number of nitrogens with zero attached hydrogens (tertiary/aromatic N) is 1. The third-order valence-corrected chi connectivity index (χ3v) is 2.98. The van der Waals surface area contributed by atoms with Crippen molar-refractivity contribution >= 4 is 5.91 Å². The van der Waals surface area contributed by atoms with Crippen LogP contribution >= 0.6 is 0 Å². The molecule has 1 rings (SSSR count). The Kier molecular flexibility index (Phi) is 3.31. The summed E-state index contributed by atoms with van der Waals surface area (Å²) in [5, 5.41) is 0. The van der Waals surface area contributed by atoms with E-state index in [9.17, 15) is 4.79 Å². The quantitative estimate of drug-likeness (QED) is 0.708. The van der Waals surface area contributed by atoms with Crippen molar-refractivity contribution < 1.29 is 4.79 Å². The number of rotatable bonds is 4. The highest BCUT2D eigenvalue weighted by Gasteiger charge is 2.33. The Morgan fingerprint density at radius 3 is 2.54 bits per heavy atom. The number of amides is 1. The fraction of sp³-hybridized carbons (Fsp3) is 0.900. The van der Waals surface area contributed by atoms with Gasteiger partial charge in [-0.25, -0.2) is 0 Å². The molecule has 0 aromatic carbocycles. The van der Waals surface area contributed by atoms with Gasteiger partial charge in [-0.15, -0.1) is 0 Å². The van der Waals surface area contributed by atoms with Crippen LogP contribution in [0.1, 0.15) is 33.1 Å². The molecule has 76 valence electrons. The Balaban J connectivity index is 2.44. The van der Waals surface area contributed by atoms with E-state index in [0.29, 0.717) is 6.04 Å². The molecular formula is C10H20N2O. The van der Waals surface area contributed by atoms with E-state index in [1.165, 1.54) is 0 Å². The lowest BCUT2D eigenvalue weighted by molar-refractivity contribution is -0.132. The van der Waals surface area contributed by atoms with E-state index in [2.05, 4.69) is 6.92 Å². The summed E-state index contributed by atoms with van der Waals surface area (Å²) in [6.07, 6.45) is 3.26. The molecule has 1 fully saturated rings. The normalized spacial score (nSPS) is 20.9. The van der Waals surface area contributed by atoms with Crippen LogP contribution in [0.5, 0.6) is 0 Å². The molecule has 3 nitrogen and oxygen atoms in total. The van der Waals surface area contributed by atoms with Crippen molar-refractivity contribution in [1.29, 1.82) is 0 Å². The molecule has 0 aromatic heterocycles. The maximum Gasteiger partial charge on any atom is 0.239 e. The first-order valence-electron chi connectivity index (χ1n) is 5.10. The van der Waals surface area contributed by atoms with Gasteiger partial charge >= 0.3 is 0 Å². The second kappa shape index (κ2) is 4.09. The largest absolute Gasteiger partial charge is 0.341 e. The van der Waals surface area contributed by atoms with Gasteiger partial charge < -0.3 is 10.6 Å². The first kappa shape index (κ1) is 10.5. The molecule has 0 bridgehead atoms. The summed E-state index contributed by atoms with van der Waals surface area (Å²) in [5.41, 5.74) is 5.85. The molecule has 0 heterocycles. The number of likely N-dealkylation sites (N-methyl/N-ethyl adjacent to an activating group) is 1. The zero-order valence-corrected chi connectivity index (χ0v) is 8.79. The molecule has 0 aliphatic heterocycles. The van der Waals surface area contributed by atoms with Crippen molar-refractivity contribution in [2.45, 2.75) is 45.2 Å². The van der Waals surface area contributed by atoms with E-state index in [1.807, 2.05) is 18.9 Å². The molecule has 1 aliphatic rings. The molecule has 3 heteroatoms. The van der Waals surface area contributed by atoms with Crippen LogP contribution in [-0.2, 0) is 4.79 Å². The van der Waals surface area contributed by atoms with E-state index in [0.717, 1.165) is 19.3 Å². The number of nitrogens with two attached hydrogens (primary N) is 1. The second-order valence-electron chi connectivity index (χ2n) is 4.09. The molecule has 0 aromatic rings. The highest BCUT2D eigenvalue weighted by Crippen LogP contribution is 2.26. The molecule has 0 radical (unpaired) electrons. The average molecular weight is 184 g/mol. The van der Waals surface area contributed by atoms with Crippen LogP contribution < -0.4 is 5.73 Å². The van der Waals surface area contributed by atoms with E-state index < -0.39 is 0 Å². The van der Waals surface area contributed by atoms with Gasteiger partial charge in [0.25, 0.3) is 0 Å². The Morgan fingerprint density at radius 1 is 1.62 bits per heavy atom. The number of hydrogen-bond acceptors (Lipinski definition) is 2. The molecule has 1 amide bonds. The van der Waals surface area contributed by atoms with Gasteiger partial charge in [-0.2, -0.15) is 0 Å². The lowest BCUT2D eigenvalue weighted by Gasteiger charge is -2.24. The predicted molar refractivity (Wildman–Crippen MR) is 53.2 cm³/mol. The Morgan fingerprint density at radius 2 is 2.15 bits per heavy atom. The summed E-state index contributed by atoms with van der Waals surface area (Å²) in [4.78, 5) is 13.5. The average Bonchev–Trinajstić information content (AvgIpc) is 2.96. The van der Waals surface area contributed by atoms with E-state index >= 15 is 0 Å². The predicted octanol–water partition coefficient (Wildman–Crippen LogP) is 0.981. The third kappa shape index (κ3) is 2.44. The van der Waals surface area contributed by atoms with Gasteiger partial charge in [-0.3, -0.25) is 4.79 Å². The van der Waals surface area contributed by atoms with Gasteiger partial charge in [0.2, 0.25) is 5.91 Å². The van der Waals surface area contributed by atoms with Crippen molar-refractivity contribution in [3.8, 4) is 0 Å². The van der Waals surface area contributed by atoms with E-state index in [1.54, 1.807) is 0 Å². The molecule has 2 unspecified atom stereocenters. The van der Waals surface area contributed by atoms with Crippen LogP contribution in [0.15, 0.2) is 0 Å². The van der Waals surface area contributed by atoms with E-state index in [-0.39, 0.29) is 17.9 Å². The fourth-order valence-corrected chi connectivity index (χ4v) is 1.37. The lowest BCUT2D eigenvalue weighted by atomic mass is 9.99. The van der Waals surface area contributed by atoms with Crippen LogP contribution in [0, 0.1) is 5.92 Å². The van der Waals surface area contributed by atoms with Crippen molar-refractivity contribution in [1.82, 2.24) is 4.90 Å².